The Kier molecular flexibility index (Phi) is 4.89. The molecule has 1 unspecified atom stereocenters. The van der Waals surface area contributed by atoms with Crippen molar-refractivity contribution in [1.82, 2.24) is 4.98 Å². The first kappa shape index (κ1) is 15.0. The van der Waals surface area contributed by atoms with Crippen molar-refractivity contribution >= 4 is 29.1 Å². The van der Waals surface area contributed by atoms with Crippen LogP contribution in [0.5, 0.6) is 0 Å². The Hall–Kier alpha value is -2.41. The van der Waals surface area contributed by atoms with Crippen LogP contribution in [0.15, 0.2) is 35.8 Å². The highest BCUT2D eigenvalue weighted by atomic mass is 32.1. The summed E-state index contributed by atoms with van der Waals surface area (Å²) in [6, 6.07) is 5.65. The van der Waals surface area contributed by atoms with E-state index in [0.29, 0.717) is 4.88 Å². The number of aliphatic carboxylic acids is 1. The summed E-state index contributed by atoms with van der Waals surface area (Å²) in [5, 5.41) is 13.9. The van der Waals surface area contributed by atoms with Gasteiger partial charge >= 0.3 is 11.9 Å². The van der Waals surface area contributed by atoms with E-state index in [1.54, 1.807) is 36.6 Å². The lowest BCUT2D eigenvalue weighted by atomic mass is 10.2. The average Bonchev–Trinajstić information content (AvgIpc) is 2.99. The molecule has 0 aliphatic carbocycles. The molecule has 2 N–H and O–H groups in total. The van der Waals surface area contributed by atoms with Gasteiger partial charge in [-0.15, -0.1) is 11.3 Å². The minimum atomic E-state index is -1.04. The molecular weight excluding hydrogens is 292 g/mol. The molecule has 2 aromatic rings. The number of aromatic nitrogens is 1. The zero-order valence-corrected chi connectivity index (χ0v) is 12.1. The van der Waals surface area contributed by atoms with Crippen molar-refractivity contribution in [3.63, 3.8) is 0 Å². The number of hydrogen-bond acceptors (Lipinski definition) is 6. The molecule has 6 nitrogen and oxygen atoms in total. The second kappa shape index (κ2) is 6.85. The standard InChI is InChI=1S/C14H14N2O4S/c1-2-20-14(19)9-5-3-7-15-12(9)16-11(13(17)18)10-6-4-8-21-10/h3-8,11H,2H2,1H3,(H,15,16)(H,17,18). The molecule has 2 aromatic heterocycles. The van der Waals surface area contributed by atoms with Gasteiger partial charge in [-0.3, -0.25) is 0 Å². The van der Waals surface area contributed by atoms with E-state index < -0.39 is 18.0 Å². The molecule has 0 bridgehead atoms. The zero-order chi connectivity index (χ0) is 15.2. The predicted octanol–water partition coefficient (Wildman–Crippen LogP) is 2.56. The van der Waals surface area contributed by atoms with Gasteiger partial charge in [0, 0.05) is 11.1 Å². The molecule has 2 rings (SSSR count). The summed E-state index contributed by atoms with van der Waals surface area (Å²) in [5.41, 5.74) is 0.210. The van der Waals surface area contributed by atoms with Crippen molar-refractivity contribution in [3.05, 3.63) is 46.3 Å². The fourth-order valence-electron chi connectivity index (χ4n) is 1.74. The first-order valence-corrected chi connectivity index (χ1v) is 7.16. The Morgan fingerprint density at radius 1 is 1.43 bits per heavy atom. The summed E-state index contributed by atoms with van der Waals surface area (Å²) in [5.74, 6) is -1.39. The van der Waals surface area contributed by atoms with Crippen LogP contribution in [0.3, 0.4) is 0 Å². The van der Waals surface area contributed by atoms with Gasteiger partial charge in [0.2, 0.25) is 0 Å². The Labute approximate surface area is 125 Å². The van der Waals surface area contributed by atoms with E-state index in [9.17, 15) is 14.7 Å². The molecule has 0 amide bonds. The summed E-state index contributed by atoms with van der Waals surface area (Å²) in [6.07, 6.45) is 1.48. The largest absolute Gasteiger partial charge is 0.479 e. The number of rotatable bonds is 6. The fraction of sp³-hybridized carbons (Fsp3) is 0.214. The topological polar surface area (TPSA) is 88.5 Å². The lowest BCUT2D eigenvalue weighted by Gasteiger charge is -2.15. The molecule has 0 radical (unpaired) electrons. The van der Waals surface area contributed by atoms with Crippen LogP contribution < -0.4 is 5.32 Å². The van der Waals surface area contributed by atoms with E-state index in [1.165, 1.54) is 17.5 Å². The number of carboxylic acids is 1. The van der Waals surface area contributed by atoms with Crippen molar-refractivity contribution < 1.29 is 19.4 Å². The number of carbonyl (C=O) groups is 2. The van der Waals surface area contributed by atoms with Crippen LogP contribution in [-0.4, -0.2) is 28.6 Å². The Bertz CT molecular complexity index is 628. The van der Waals surface area contributed by atoms with Crippen molar-refractivity contribution in [2.75, 3.05) is 11.9 Å². The van der Waals surface area contributed by atoms with Crippen LogP contribution in [0.4, 0.5) is 5.82 Å². The maximum atomic E-state index is 11.9. The maximum absolute atomic E-state index is 11.9. The molecule has 21 heavy (non-hydrogen) atoms. The summed E-state index contributed by atoms with van der Waals surface area (Å²) < 4.78 is 4.94. The van der Waals surface area contributed by atoms with E-state index in [1.807, 2.05) is 0 Å². The molecule has 0 saturated heterocycles. The average molecular weight is 306 g/mol. The predicted molar refractivity (Wildman–Crippen MR) is 78.5 cm³/mol. The van der Waals surface area contributed by atoms with Crippen molar-refractivity contribution in [1.29, 1.82) is 0 Å². The third kappa shape index (κ3) is 3.57. The number of pyridine rings is 1. The molecule has 2 heterocycles. The summed E-state index contributed by atoms with van der Waals surface area (Å²) >= 11 is 1.32. The monoisotopic (exact) mass is 306 g/mol. The molecule has 110 valence electrons. The van der Waals surface area contributed by atoms with Crippen LogP contribution in [0.25, 0.3) is 0 Å². The number of hydrogen-bond donors (Lipinski definition) is 2. The van der Waals surface area contributed by atoms with Crippen LogP contribution in [0, 0.1) is 0 Å². The van der Waals surface area contributed by atoms with Crippen LogP contribution >= 0.6 is 11.3 Å². The van der Waals surface area contributed by atoms with Gasteiger partial charge in [0.25, 0.3) is 0 Å². The smallest absolute Gasteiger partial charge is 0.341 e. The minimum Gasteiger partial charge on any atom is -0.479 e. The number of carbonyl (C=O) groups excluding carboxylic acids is 1. The summed E-state index contributed by atoms with van der Waals surface area (Å²) in [6.45, 7) is 1.94. The van der Waals surface area contributed by atoms with E-state index in [0.717, 1.165) is 0 Å². The Morgan fingerprint density at radius 2 is 2.24 bits per heavy atom. The fourth-order valence-corrected chi connectivity index (χ4v) is 2.51. The third-order valence-electron chi connectivity index (χ3n) is 2.66. The molecule has 0 aliphatic heterocycles. The van der Waals surface area contributed by atoms with E-state index >= 15 is 0 Å². The first-order valence-electron chi connectivity index (χ1n) is 6.28. The lowest BCUT2D eigenvalue weighted by Crippen LogP contribution is -2.22. The van der Waals surface area contributed by atoms with Crippen molar-refractivity contribution in [3.8, 4) is 0 Å². The van der Waals surface area contributed by atoms with Crippen LogP contribution in [-0.2, 0) is 9.53 Å². The number of thiophene rings is 1. The highest BCUT2D eigenvalue weighted by Crippen LogP contribution is 2.25. The van der Waals surface area contributed by atoms with Gasteiger partial charge in [-0.25, -0.2) is 14.6 Å². The lowest BCUT2D eigenvalue weighted by molar-refractivity contribution is -0.138. The van der Waals surface area contributed by atoms with Gasteiger partial charge in [0.1, 0.15) is 11.4 Å². The summed E-state index contributed by atoms with van der Waals surface area (Å²) in [4.78, 5) is 27.9. The molecule has 0 spiro atoms. The van der Waals surface area contributed by atoms with E-state index in [4.69, 9.17) is 4.74 Å². The number of esters is 1. The quantitative estimate of drug-likeness (QED) is 0.797. The van der Waals surface area contributed by atoms with Crippen molar-refractivity contribution in [2.45, 2.75) is 13.0 Å². The minimum absolute atomic E-state index is 0.191. The Balaban J connectivity index is 2.29. The second-order valence-corrected chi connectivity index (χ2v) is 5.03. The van der Waals surface area contributed by atoms with E-state index in [-0.39, 0.29) is 18.0 Å². The SMILES string of the molecule is CCOC(=O)c1cccnc1NC(C(=O)O)c1cccs1. The maximum Gasteiger partial charge on any atom is 0.341 e. The van der Waals surface area contributed by atoms with Gasteiger partial charge in [-0.05, 0) is 30.5 Å². The van der Waals surface area contributed by atoms with Gasteiger partial charge in [0.15, 0.2) is 6.04 Å². The first-order chi connectivity index (χ1) is 10.1. The third-order valence-corrected chi connectivity index (χ3v) is 3.60. The summed E-state index contributed by atoms with van der Waals surface area (Å²) in [7, 11) is 0. The van der Waals surface area contributed by atoms with Gasteiger partial charge < -0.3 is 15.2 Å². The molecule has 0 aromatic carbocycles. The Morgan fingerprint density at radius 3 is 2.86 bits per heavy atom. The number of nitrogens with one attached hydrogen (secondary N) is 1. The zero-order valence-electron chi connectivity index (χ0n) is 11.3. The number of ether oxygens (including phenoxy) is 1. The molecule has 0 fully saturated rings. The highest BCUT2D eigenvalue weighted by molar-refractivity contribution is 7.10. The number of anilines is 1. The normalized spacial score (nSPS) is 11.7. The number of carboxylic acid groups (broad SMARTS) is 1. The van der Waals surface area contributed by atoms with Gasteiger partial charge in [-0.2, -0.15) is 0 Å². The molecule has 0 aliphatic rings. The second-order valence-electron chi connectivity index (χ2n) is 4.05. The van der Waals surface area contributed by atoms with Crippen molar-refractivity contribution in [2.24, 2.45) is 0 Å². The van der Waals surface area contributed by atoms with Crippen LogP contribution in [0.2, 0.25) is 0 Å². The molecule has 7 heteroatoms. The molecule has 0 saturated carbocycles. The highest BCUT2D eigenvalue weighted by Gasteiger charge is 2.24. The van der Waals surface area contributed by atoms with Gasteiger partial charge in [-0.1, -0.05) is 6.07 Å². The van der Waals surface area contributed by atoms with Crippen LogP contribution in [0.1, 0.15) is 28.2 Å². The molecular formula is C14H14N2O4S. The van der Waals surface area contributed by atoms with Gasteiger partial charge in [0.05, 0.1) is 6.61 Å². The molecule has 1 atom stereocenters. The number of nitrogens with zero attached hydrogens (tertiary/aromatic N) is 1. The van der Waals surface area contributed by atoms with E-state index in [2.05, 4.69) is 10.3 Å².